The van der Waals surface area contributed by atoms with Crippen molar-refractivity contribution in [2.24, 2.45) is 10.8 Å². The highest BCUT2D eigenvalue weighted by Gasteiger charge is 2.49. The van der Waals surface area contributed by atoms with E-state index in [2.05, 4.69) is 15.9 Å². The minimum absolute atomic E-state index is 0.00426. The summed E-state index contributed by atoms with van der Waals surface area (Å²) in [5.74, 6) is -7.74. The van der Waals surface area contributed by atoms with E-state index in [9.17, 15) is 53.3 Å². The number of alkyl halides is 1. The number of ether oxygens (including phenoxy) is 8. The number of carboxylic acids is 1. The molecule has 0 aromatic heterocycles. The van der Waals surface area contributed by atoms with Gasteiger partial charge in [-0.25, -0.2) is 9.59 Å². The molecule has 0 aliphatic rings. The van der Waals surface area contributed by atoms with Crippen molar-refractivity contribution in [3.63, 3.8) is 0 Å². The average Bonchev–Trinajstić information content (AvgIpc) is 3.26. The molecule has 1 aromatic carbocycles. The third-order valence-corrected chi connectivity index (χ3v) is 10.2. The van der Waals surface area contributed by atoms with Gasteiger partial charge < -0.3 is 48.1 Å². The molecule has 0 aliphatic heterocycles. The smallest absolute Gasteiger partial charge is 0.331 e. The topological polar surface area (TPSA) is 311 Å². The van der Waals surface area contributed by atoms with Gasteiger partial charge in [-0.2, -0.15) is 0 Å². The second-order valence-corrected chi connectivity index (χ2v) is 18.0. The van der Waals surface area contributed by atoms with E-state index in [4.69, 9.17) is 48.1 Å². The maximum atomic E-state index is 13.5. The first kappa shape index (κ1) is 59.0. The Morgan fingerprint density at radius 2 is 1.28 bits per heavy atom. The Hall–Kier alpha value is -5.97. The molecule has 0 heterocycles. The second-order valence-electron chi connectivity index (χ2n) is 16.2. The standard InChI is InChI=1S/C44H60BrNO21/c1-42(2,27-43(3,40(56)60-5)28-44(4,45)41(57)61-6)39(55)67-30-15-16-32(46(58)59)29(23-30)24-63-36(52)19-20-37(53)65-26-31(66-38(54)14-9-7-11-21-47)25-64-34(50)13-10-8-12-22-62-35(51)18-17-33(48)49/h15-18,23,31,47H,7-14,19-22,24-28H2,1-6H3,(H,48,49)/b18-17+. The third-order valence-electron chi connectivity index (χ3n) is 9.61. The van der Waals surface area contributed by atoms with Gasteiger partial charge in [-0.15, -0.1) is 0 Å². The molecule has 23 heteroatoms. The molecule has 67 heavy (non-hydrogen) atoms. The van der Waals surface area contributed by atoms with Gasteiger partial charge in [0.05, 0.1) is 55.0 Å². The predicted octanol–water partition coefficient (Wildman–Crippen LogP) is 4.93. The lowest BCUT2D eigenvalue weighted by molar-refractivity contribution is -0.385. The molecular weight excluding hydrogens is 958 g/mol. The van der Waals surface area contributed by atoms with Gasteiger partial charge in [-0.1, -0.05) is 22.4 Å². The largest absolute Gasteiger partial charge is 0.478 e. The van der Waals surface area contributed by atoms with Gasteiger partial charge in [0.2, 0.25) is 0 Å². The molecule has 2 N–H and O–H groups in total. The average molecular weight is 1020 g/mol. The summed E-state index contributed by atoms with van der Waals surface area (Å²) < 4.78 is 39.8. The molecule has 1 aromatic rings. The molecule has 22 nitrogen and oxygen atoms in total. The van der Waals surface area contributed by atoms with Gasteiger partial charge >= 0.3 is 53.7 Å². The van der Waals surface area contributed by atoms with Crippen LogP contribution in [-0.4, -0.2) is 120 Å². The number of nitrogens with zero attached hydrogens (tertiary/aromatic N) is 1. The van der Waals surface area contributed by atoms with Crippen molar-refractivity contribution in [1.29, 1.82) is 0 Å². The van der Waals surface area contributed by atoms with E-state index in [1.807, 2.05) is 0 Å². The molecule has 0 saturated carbocycles. The number of carbonyl (C=O) groups is 9. The zero-order chi connectivity index (χ0) is 50.8. The van der Waals surface area contributed by atoms with E-state index in [0.29, 0.717) is 44.6 Å². The number of halogens is 1. The summed E-state index contributed by atoms with van der Waals surface area (Å²) in [5, 5.41) is 29.3. The monoisotopic (exact) mass is 1020 g/mol. The van der Waals surface area contributed by atoms with E-state index in [-0.39, 0.29) is 50.2 Å². The summed E-state index contributed by atoms with van der Waals surface area (Å²) in [4.78, 5) is 122. The van der Waals surface area contributed by atoms with Gasteiger partial charge in [-0.05, 0) is 84.8 Å². The van der Waals surface area contributed by atoms with Crippen LogP contribution in [0.5, 0.6) is 5.75 Å². The lowest BCUT2D eigenvalue weighted by Crippen LogP contribution is -2.45. The van der Waals surface area contributed by atoms with Gasteiger partial charge in [0.25, 0.3) is 5.69 Å². The number of aliphatic hydroxyl groups is 1. The number of hydrogen-bond acceptors (Lipinski definition) is 20. The fourth-order valence-electron chi connectivity index (χ4n) is 6.46. The number of carboxylic acid groups (broad SMARTS) is 1. The van der Waals surface area contributed by atoms with Crippen LogP contribution in [0, 0.1) is 20.9 Å². The second kappa shape index (κ2) is 29.6. The summed E-state index contributed by atoms with van der Waals surface area (Å²) in [6.45, 7) is 4.25. The number of nitro groups is 1. The Kier molecular flexibility index (Phi) is 26.1. The molecular formula is C44H60BrNO21. The van der Waals surface area contributed by atoms with Gasteiger partial charge in [-0.3, -0.25) is 43.7 Å². The lowest BCUT2D eigenvalue weighted by atomic mass is 9.69. The molecule has 0 spiro atoms. The number of unbranched alkanes of at least 4 members (excludes halogenated alkanes) is 4. The lowest BCUT2D eigenvalue weighted by Gasteiger charge is -2.37. The van der Waals surface area contributed by atoms with Gasteiger partial charge in [0, 0.05) is 37.7 Å². The van der Waals surface area contributed by atoms with Crippen molar-refractivity contribution in [3.8, 4) is 5.75 Å². The molecule has 1 rings (SSSR count). The number of carbonyl (C=O) groups excluding carboxylic acids is 8. The first-order chi connectivity index (χ1) is 31.4. The maximum absolute atomic E-state index is 13.5. The molecule has 0 bridgehead atoms. The summed E-state index contributed by atoms with van der Waals surface area (Å²) in [6, 6.07) is 3.31. The van der Waals surface area contributed by atoms with Crippen LogP contribution in [0.2, 0.25) is 0 Å². The van der Waals surface area contributed by atoms with E-state index in [1.54, 1.807) is 0 Å². The summed E-state index contributed by atoms with van der Waals surface area (Å²) >= 11 is 3.30. The zero-order valence-corrected chi connectivity index (χ0v) is 40.0. The summed E-state index contributed by atoms with van der Waals surface area (Å²) in [6.07, 6.45) is 1.31. The molecule has 0 aliphatic carbocycles. The molecule has 0 saturated heterocycles. The van der Waals surface area contributed by atoms with E-state index < -0.39 is 118 Å². The minimum Gasteiger partial charge on any atom is -0.478 e. The van der Waals surface area contributed by atoms with Crippen LogP contribution in [0.3, 0.4) is 0 Å². The minimum atomic E-state index is -1.41. The number of esters is 8. The highest BCUT2D eigenvalue weighted by molar-refractivity contribution is 9.10. The van der Waals surface area contributed by atoms with E-state index in [0.717, 1.165) is 31.4 Å². The number of nitro benzene ring substituents is 1. The van der Waals surface area contributed by atoms with Crippen molar-refractivity contribution in [2.45, 2.75) is 122 Å². The van der Waals surface area contributed by atoms with Crippen LogP contribution in [0.1, 0.15) is 110 Å². The van der Waals surface area contributed by atoms with Gasteiger partial charge in [0.1, 0.15) is 29.9 Å². The van der Waals surface area contributed by atoms with Crippen molar-refractivity contribution >= 4 is 75.3 Å². The third kappa shape index (κ3) is 23.4. The Labute approximate surface area is 395 Å². The fourth-order valence-corrected chi connectivity index (χ4v) is 7.24. The number of aliphatic hydroxyl groups excluding tert-OH is 1. The normalized spacial score (nSPS) is 13.4. The highest BCUT2D eigenvalue weighted by Crippen LogP contribution is 2.44. The highest BCUT2D eigenvalue weighted by atomic mass is 79.9. The quantitative estimate of drug-likeness (QED) is 0.0141. The van der Waals surface area contributed by atoms with Crippen LogP contribution in [0.25, 0.3) is 0 Å². The zero-order valence-electron chi connectivity index (χ0n) is 38.5. The predicted molar refractivity (Wildman–Crippen MR) is 234 cm³/mol. The Morgan fingerprint density at radius 3 is 1.85 bits per heavy atom. The number of rotatable bonds is 32. The molecule has 374 valence electrons. The SMILES string of the molecule is COC(=O)C(C)(Br)CC(C)(CC(C)(C)C(=O)Oc1ccc([N+](=O)[O-])c(COC(=O)CCC(=O)OCC(COC(=O)CCCCCOC(=O)/C=C/C(=O)O)OC(=O)CCCCCO)c1)C(=O)OC. The van der Waals surface area contributed by atoms with Crippen LogP contribution >= 0.6 is 15.9 Å². The van der Waals surface area contributed by atoms with Crippen molar-refractivity contribution < 1.29 is 96.2 Å². The van der Waals surface area contributed by atoms with Crippen LogP contribution in [0.15, 0.2) is 30.4 Å². The molecule has 0 amide bonds. The van der Waals surface area contributed by atoms with E-state index in [1.165, 1.54) is 34.8 Å². The van der Waals surface area contributed by atoms with Crippen molar-refractivity contribution in [2.75, 3.05) is 40.6 Å². The molecule has 0 radical (unpaired) electrons. The maximum Gasteiger partial charge on any atom is 0.331 e. The number of aliphatic carboxylic acids is 1. The Balaban J connectivity index is 2.86. The number of methoxy groups -OCH3 is 2. The Morgan fingerprint density at radius 1 is 0.716 bits per heavy atom. The fraction of sp³-hybridized carbons (Fsp3) is 0.614. The van der Waals surface area contributed by atoms with Crippen LogP contribution < -0.4 is 4.74 Å². The Bertz CT molecular complexity index is 1930. The van der Waals surface area contributed by atoms with Crippen LogP contribution in [-0.2, 0) is 82.9 Å². The molecule has 3 unspecified atom stereocenters. The van der Waals surface area contributed by atoms with Crippen molar-refractivity contribution in [1.82, 2.24) is 0 Å². The molecule has 3 atom stereocenters. The number of benzene rings is 1. The van der Waals surface area contributed by atoms with Crippen molar-refractivity contribution in [3.05, 3.63) is 46.0 Å². The number of hydrogen-bond donors (Lipinski definition) is 2. The van der Waals surface area contributed by atoms with Crippen LogP contribution in [0.4, 0.5) is 5.69 Å². The summed E-state index contributed by atoms with van der Waals surface area (Å²) in [7, 11) is 2.34. The first-order valence-electron chi connectivity index (χ1n) is 21.1. The van der Waals surface area contributed by atoms with Gasteiger partial charge in [0.15, 0.2) is 6.10 Å². The van der Waals surface area contributed by atoms with E-state index >= 15 is 0 Å². The molecule has 0 fully saturated rings. The summed E-state index contributed by atoms with van der Waals surface area (Å²) in [5.41, 5.74) is -3.45. The first-order valence-corrected chi connectivity index (χ1v) is 21.9.